The second-order valence-corrected chi connectivity index (χ2v) is 4.58. The molecule has 0 spiro atoms. The minimum Gasteiger partial charge on any atom is -0.396 e. The quantitative estimate of drug-likeness (QED) is 0.608. The Balaban J connectivity index is 3.83. The lowest BCUT2D eigenvalue weighted by Gasteiger charge is -2.29. The van der Waals surface area contributed by atoms with Gasteiger partial charge in [0.05, 0.1) is 0 Å². The molecule has 4 nitrogen and oxygen atoms in total. The summed E-state index contributed by atoms with van der Waals surface area (Å²) in [7, 11) is 3.52. The van der Waals surface area contributed by atoms with E-state index in [1.54, 1.807) is 19.0 Å². The van der Waals surface area contributed by atoms with Crippen molar-refractivity contribution in [1.82, 2.24) is 10.2 Å². The molecular weight excluding hydrogens is 204 g/mol. The minimum atomic E-state index is -0.0266. The maximum Gasteiger partial charge on any atom is 0.223 e. The van der Waals surface area contributed by atoms with Gasteiger partial charge < -0.3 is 15.3 Å². The van der Waals surface area contributed by atoms with E-state index in [-0.39, 0.29) is 17.9 Å². The van der Waals surface area contributed by atoms with Crippen LogP contribution in [0.1, 0.15) is 33.1 Å². The molecular formula is C12H26N2O2. The zero-order valence-corrected chi connectivity index (χ0v) is 11.0. The van der Waals surface area contributed by atoms with Crippen molar-refractivity contribution in [3.63, 3.8) is 0 Å². The number of amides is 1. The van der Waals surface area contributed by atoms with Crippen molar-refractivity contribution in [2.45, 2.75) is 33.1 Å². The third-order valence-electron chi connectivity index (χ3n) is 3.35. The Hall–Kier alpha value is -0.610. The second-order valence-electron chi connectivity index (χ2n) is 4.58. The Morgan fingerprint density at radius 2 is 1.88 bits per heavy atom. The molecule has 0 bridgehead atoms. The van der Waals surface area contributed by atoms with Gasteiger partial charge in [0.2, 0.25) is 5.91 Å². The summed E-state index contributed by atoms with van der Waals surface area (Å²) in [6, 6.07) is 0. The number of aliphatic hydroxyl groups excluding tert-OH is 1. The first-order valence-electron chi connectivity index (χ1n) is 6.03. The molecule has 0 aliphatic rings. The van der Waals surface area contributed by atoms with E-state index in [9.17, 15) is 9.90 Å². The number of aliphatic hydroxyl groups is 1. The van der Waals surface area contributed by atoms with Crippen LogP contribution >= 0.6 is 0 Å². The van der Waals surface area contributed by atoms with Crippen LogP contribution in [-0.2, 0) is 4.79 Å². The van der Waals surface area contributed by atoms with Crippen LogP contribution in [0.2, 0.25) is 0 Å². The monoisotopic (exact) mass is 230 g/mol. The smallest absolute Gasteiger partial charge is 0.223 e. The van der Waals surface area contributed by atoms with Crippen LogP contribution in [-0.4, -0.2) is 49.7 Å². The summed E-state index contributed by atoms with van der Waals surface area (Å²) >= 11 is 0. The highest BCUT2D eigenvalue weighted by atomic mass is 16.3. The van der Waals surface area contributed by atoms with Crippen LogP contribution in [0.5, 0.6) is 0 Å². The van der Waals surface area contributed by atoms with Gasteiger partial charge in [-0.2, -0.15) is 0 Å². The first kappa shape index (κ1) is 15.4. The predicted molar refractivity (Wildman–Crippen MR) is 66.3 cm³/mol. The van der Waals surface area contributed by atoms with Gasteiger partial charge >= 0.3 is 0 Å². The molecule has 4 heteroatoms. The van der Waals surface area contributed by atoms with Crippen LogP contribution in [0.25, 0.3) is 0 Å². The summed E-state index contributed by atoms with van der Waals surface area (Å²) in [5.74, 6) is 0.134. The van der Waals surface area contributed by atoms with Crippen LogP contribution in [0.3, 0.4) is 0 Å². The molecule has 0 aliphatic heterocycles. The van der Waals surface area contributed by atoms with Gasteiger partial charge in [0.1, 0.15) is 0 Å². The van der Waals surface area contributed by atoms with Crippen LogP contribution in [0, 0.1) is 5.41 Å². The Labute approximate surface area is 99.0 Å². The highest BCUT2D eigenvalue weighted by molar-refractivity contribution is 5.75. The molecule has 0 rings (SSSR count). The van der Waals surface area contributed by atoms with Crippen LogP contribution in [0.4, 0.5) is 0 Å². The Morgan fingerprint density at radius 1 is 1.31 bits per heavy atom. The van der Waals surface area contributed by atoms with Crippen molar-refractivity contribution < 1.29 is 9.90 Å². The first-order valence-corrected chi connectivity index (χ1v) is 6.03. The van der Waals surface area contributed by atoms with Gasteiger partial charge in [-0.1, -0.05) is 13.8 Å². The van der Waals surface area contributed by atoms with E-state index in [1.807, 2.05) is 0 Å². The largest absolute Gasteiger partial charge is 0.396 e. The van der Waals surface area contributed by atoms with Crippen molar-refractivity contribution >= 4 is 5.91 Å². The molecule has 1 amide bonds. The number of carbonyl (C=O) groups excluding carboxylic acids is 1. The van der Waals surface area contributed by atoms with E-state index in [1.165, 1.54) is 0 Å². The third kappa shape index (κ3) is 4.94. The number of hydrogen-bond acceptors (Lipinski definition) is 3. The molecule has 0 aliphatic carbocycles. The predicted octanol–water partition coefficient (Wildman–Crippen LogP) is 0.853. The van der Waals surface area contributed by atoms with Gasteiger partial charge in [-0.15, -0.1) is 0 Å². The van der Waals surface area contributed by atoms with E-state index in [4.69, 9.17) is 0 Å². The zero-order chi connectivity index (χ0) is 12.6. The lowest BCUT2D eigenvalue weighted by Crippen LogP contribution is -2.38. The van der Waals surface area contributed by atoms with Crippen molar-refractivity contribution in [1.29, 1.82) is 0 Å². The number of hydrogen-bond donors (Lipinski definition) is 2. The van der Waals surface area contributed by atoms with E-state index < -0.39 is 0 Å². The fourth-order valence-electron chi connectivity index (χ4n) is 1.55. The lowest BCUT2D eigenvalue weighted by atomic mass is 9.83. The summed E-state index contributed by atoms with van der Waals surface area (Å²) < 4.78 is 0. The standard InChI is InChI=1S/C12H26N2O2/c1-5-12(6-2,10-15)9-13-8-7-11(16)14(3)4/h13,15H,5-10H2,1-4H3. The minimum absolute atomic E-state index is 0.0266. The molecule has 0 unspecified atom stereocenters. The van der Waals surface area contributed by atoms with Crippen molar-refractivity contribution in [3.05, 3.63) is 0 Å². The maximum absolute atomic E-state index is 11.3. The van der Waals surface area contributed by atoms with Gasteiger partial charge in [0.25, 0.3) is 0 Å². The fraction of sp³-hybridized carbons (Fsp3) is 0.917. The van der Waals surface area contributed by atoms with E-state index in [2.05, 4.69) is 19.2 Å². The summed E-state index contributed by atoms with van der Waals surface area (Å²) in [6.07, 6.45) is 2.42. The molecule has 0 aromatic carbocycles. The third-order valence-corrected chi connectivity index (χ3v) is 3.35. The summed E-state index contributed by atoms with van der Waals surface area (Å²) in [6.45, 7) is 5.84. The maximum atomic E-state index is 11.3. The summed E-state index contributed by atoms with van der Waals surface area (Å²) in [5.41, 5.74) is -0.0266. The molecule has 16 heavy (non-hydrogen) atoms. The number of rotatable bonds is 8. The topological polar surface area (TPSA) is 52.6 Å². The van der Waals surface area contributed by atoms with Crippen LogP contribution < -0.4 is 5.32 Å². The lowest BCUT2D eigenvalue weighted by molar-refractivity contribution is -0.128. The molecule has 96 valence electrons. The number of carbonyl (C=O) groups is 1. The number of nitrogens with one attached hydrogen (secondary N) is 1. The molecule has 0 heterocycles. The molecule has 0 atom stereocenters. The normalized spacial score (nSPS) is 11.6. The summed E-state index contributed by atoms with van der Waals surface area (Å²) in [5, 5.41) is 12.6. The zero-order valence-electron chi connectivity index (χ0n) is 11.0. The van der Waals surface area contributed by atoms with E-state index in [0.717, 1.165) is 19.4 Å². The highest BCUT2D eigenvalue weighted by Gasteiger charge is 2.24. The van der Waals surface area contributed by atoms with Crippen LogP contribution in [0.15, 0.2) is 0 Å². The Bertz CT molecular complexity index is 193. The average Bonchev–Trinajstić information content (AvgIpc) is 2.30. The Kier molecular flexibility index (Phi) is 7.34. The molecule has 0 radical (unpaired) electrons. The molecule has 2 N–H and O–H groups in total. The Morgan fingerprint density at radius 3 is 2.25 bits per heavy atom. The molecule has 0 saturated heterocycles. The first-order chi connectivity index (χ1) is 7.51. The SMILES string of the molecule is CCC(CC)(CO)CNCCC(=O)N(C)C. The van der Waals surface area contributed by atoms with Gasteiger partial charge in [-0.3, -0.25) is 4.79 Å². The molecule has 0 saturated carbocycles. The van der Waals surface area contributed by atoms with Gasteiger partial charge in [-0.05, 0) is 12.8 Å². The van der Waals surface area contributed by atoms with E-state index >= 15 is 0 Å². The van der Waals surface area contributed by atoms with Gasteiger partial charge in [0, 0.05) is 45.6 Å². The van der Waals surface area contributed by atoms with E-state index in [0.29, 0.717) is 13.0 Å². The fourth-order valence-corrected chi connectivity index (χ4v) is 1.55. The van der Waals surface area contributed by atoms with Crippen molar-refractivity contribution in [2.24, 2.45) is 5.41 Å². The van der Waals surface area contributed by atoms with Gasteiger partial charge in [-0.25, -0.2) is 0 Å². The molecule has 0 fully saturated rings. The van der Waals surface area contributed by atoms with Crippen molar-refractivity contribution in [2.75, 3.05) is 33.8 Å². The second kappa shape index (κ2) is 7.63. The molecule has 0 aromatic heterocycles. The highest BCUT2D eigenvalue weighted by Crippen LogP contribution is 2.24. The number of nitrogens with zero attached hydrogens (tertiary/aromatic N) is 1. The van der Waals surface area contributed by atoms with Crippen molar-refractivity contribution in [3.8, 4) is 0 Å². The molecule has 0 aromatic rings. The average molecular weight is 230 g/mol. The van der Waals surface area contributed by atoms with Gasteiger partial charge in [0.15, 0.2) is 0 Å². The summed E-state index contributed by atoms with van der Waals surface area (Å²) in [4.78, 5) is 12.9.